The Morgan fingerprint density at radius 1 is 0.931 bits per heavy atom. The average molecular weight is 808 g/mol. The highest BCUT2D eigenvalue weighted by Crippen LogP contribution is 2.40. The van der Waals surface area contributed by atoms with Gasteiger partial charge in [0.15, 0.2) is 0 Å². The summed E-state index contributed by atoms with van der Waals surface area (Å²) in [7, 11) is 3.52. The predicted octanol–water partition coefficient (Wildman–Crippen LogP) is 3.62. The van der Waals surface area contributed by atoms with E-state index in [1.807, 2.05) is 57.0 Å². The van der Waals surface area contributed by atoms with Gasteiger partial charge in [-0.2, -0.15) is 0 Å². The highest BCUT2D eigenvalue weighted by molar-refractivity contribution is 5.92. The van der Waals surface area contributed by atoms with E-state index in [-0.39, 0.29) is 49.1 Å². The fraction of sp³-hybridized carbons (Fsp3) is 0.682. The molecule has 0 radical (unpaired) electrons. The van der Waals surface area contributed by atoms with Crippen LogP contribution in [0.15, 0.2) is 36.5 Å². The average Bonchev–Trinajstić information content (AvgIpc) is 4.01. The Morgan fingerprint density at radius 2 is 1.59 bits per heavy atom. The first kappa shape index (κ1) is 46.2. The first-order chi connectivity index (χ1) is 27.6. The van der Waals surface area contributed by atoms with Crippen molar-refractivity contribution in [2.24, 2.45) is 5.92 Å². The third-order valence-electron chi connectivity index (χ3n) is 12.6. The van der Waals surface area contributed by atoms with Gasteiger partial charge in [-0.3, -0.25) is 28.8 Å². The quantitative estimate of drug-likeness (QED) is 0.145. The summed E-state index contributed by atoms with van der Waals surface area (Å²) in [6.07, 6.45) is 9.08. The molecule has 1 aromatic rings. The molecule has 1 aromatic carbocycles. The number of amides is 5. The third kappa shape index (κ3) is 11.8. The SMILES string of the molecule is C=C(N(C)[C@H](C(=O)N(C)[C@H](C)CC(=O)O)C1CCCC1)C1(NC(=O)[C@@H]2CCCN2C(=O)CNC(=O)CN(CC)C(=O)[C@H](Cc2ccc(C)cc2)NCCC)CCCC1. The van der Waals surface area contributed by atoms with Crippen LogP contribution in [-0.2, 0) is 35.2 Å². The lowest BCUT2D eigenvalue weighted by Gasteiger charge is -2.44. The van der Waals surface area contributed by atoms with Gasteiger partial charge in [0.25, 0.3) is 0 Å². The lowest BCUT2D eigenvalue weighted by atomic mass is 9.88. The Bertz CT molecular complexity index is 1610. The van der Waals surface area contributed by atoms with Gasteiger partial charge < -0.3 is 40.7 Å². The molecule has 3 fully saturated rings. The van der Waals surface area contributed by atoms with Crippen molar-refractivity contribution in [2.45, 2.75) is 141 Å². The number of carboxylic acids is 1. The van der Waals surface area contributed by atoms with Gasteiger partial charge in [0.05, 0.1) is 31.1 Å². The fourth-order valence-corrected chi connectivity index (χ4v) is 8.99. The number of nitrogens with zero attached hydrogens (tertiary/aromatic N) is 4. The maximum Gasteiger partial charge on any atom is 0.305 e. The predicted molar refractivity (Wildman–Crippen MR) is 223 cm³/mol. The third-order valence-corrected chi connectivity index (χ3v) is 12.6. The minimum atomic E-state index is -0.967. The lowest BCUT2D eigenvalue weighted by Crippen LogP contribution is -2.60. The minimum absolute atomic E-state index is 0.0707. The van der Waals surface area contributed by atoms with Crippen LogP contribution < -0.4 is 16.0 Å². The Labute approximate surface area is 345 Å². The van der Waals surface area contributed by atoms with Crippen LogP contribution in [0.2, 0.25) is 0 Å². The molecule has 0 unspecified atom stereocenters. The molecule has 4 atom stereocenters. The fourth-order valence-electron chi connectivity index (χ4n) is 8.99. The number of hydrogen-bond donors (Lipinski definition) is 4. The summed E-state index contributed by atoms with van der Waals surface area (Å²) >= 11 is 0. The van der Waals surface area contributed by atoms with Crippen molar-refractivity contribution in [3.8, 4) is 0 Å². The van der Waals surface area contributed by atoms with Crippen LogP contribution in [0, 0.1) is 12.8 Å². The maximum atomic E-state index is 14.2. The molecular weight excluding hydrogens is 739 g/mol. The van der Waals surface area contributed by atoms with Gasteiger partial charge in [-0.25, -0.2) is 0 Å². The van der Waals surface area contributed by atoms with Gasteiger partial charge in [-0.15, -0.1) is 0 Å². The highest BCUT2D eigenvalue weighted by atomic mass is 16.4. The van der Waals surface area contributed by atoms with Gasteiger partial charge >= 0.3 is 5.97 Å². The molecule has 14 heteroatoms. The van der Waals surface area contributed by atoms with Gasteiger partial charge in [0.1, 0.15) is 12.1 Å². The maximum absolute atomic E-state index is 14.2. The van der Waals surface area contributed by atoms with Gasteiger partial charge in [0.2, 0.25) is 29.5 Å². The van der Waals surface area contributed by atoms with Crippen molar-refractivity contribution in [1.82, 2.24) is 35.6 Å². The first-order valence-electron chi connectivity index (χ1n) is 21.5. The number of nitrogens with one attached hydrogen (secondary N) is 3. The molecule has 1 aliphatic heterocycles. The van der Waals surface area contributed by atoms with Crippen molar-refractivity contribution in [3.63, 3.8) is 0 Å². The summed E-state index contributed by atoms with van der Waals surface area (Å²) in [5, 5.41) is 18.7. The number of carboxylic acid groups (broad SMARTS) is 1. The Kier molecular flexibility index (Phi) is 17.2. The van der Waals surface area contributed by atoms with E-state index in [0.29, 0.717) is 57.4 Å². The van der Waals surface area contributed by atoms with Crippen molar-refractivity contribution in [2.75, 3.05) is 46.8 Å². The molecule has 1 heterocycles. The zero-order valence-electron chi connectivity index (χ0n) is 35.8. The minimum Gasteiger partial charge on any atom is -0.481 e. The number of hydrogen-bond acceptors (Lipinski definition) is 8. The van der Waals surface area contributed by atoms with E-state index in [2.05, 4.69) is 22.5 Å². The molecule has 0 spiro atoms. The van der Waals surface area contributed by atoms with Crippen LogP contribution >= 0.6 is 0 Å². The Morgan fingerprint density at radius 3 is 2.19 bits per heavy atom. The second-order valence-electron chi connectivity index (χ2n) is 16.8. The van der Waals surface area contributed by atoms with Crippen LogP contribution in [0.25, 0.3) is 0 Å². The van der Waals surface area contributed by atoms with E-state index >= 15 is 0 Å². The number of likely N-dealkylation sites (tertiary alicyclic amines) is 1. The van der Waals surface area contributed by atoms with Crippen LogP contribution in [0.4, 0.5) is 0 Å². The Hall–Kier alpha value is -4.46. The normalized spacial score (nSPS) is 19.2. The van der Waals surface area contributed by atoms with E-state index in [0.717, 1.165) is 56.1 Å². The molecule has 2 saturated carbocycles. The van der Waals surface area contributed by atoms with Crippen molar-refractivity contribution in [3.05, 3.63) is 47.7 Å². The van der Waals surface area contributed by atoms with Gasteiger partial charge in [-0.05, 0) is 90.2 Å². The number of aliphatic carboxylic acids is 1. The number of aryl methyl sites for hydroxylation is 1. The van der Waals surface area contributed by atoms with Crippen molar-refractivity contribution < 1.29 is 33.9 Å². The van der Waals surface area contributed by atoms with E-state index in [1.165, 1.54) is 14.7 Å². The highest BCUT2D eigenvalue weighted by Gasteiger charge is 2.46. The monoisotopic (exact) mass is 808 g/mol. The summed E-state index contributed by atoms with van der Waals surface area (Å²) in [6.45, 7) is 13.0. The molecular formula is C44H69N7O7. The summed E-state index contributed by atoms with van der Waals surface area (Å²) < 4.78 is 0. The smallest absolute Gasteiger partial charge is 0.305 e. The summed E-state index contributed by atoms with van der Waals surface area (Å²) in [4.78, 5) is 86.7. The lowest BCUT2D eigenvalue weighted by molar-refractivity contribution is -0.142. The topological polar surface area (TPSA) is 172 Å². The van der Waals surface area contributed by atoms with E-state index in [1.54, 1.807) is 14.0 Å². The van der Waals surface area contributed by atoms with Crippen LogP contribution in [-0.4, -0.2) is 137 Å². The number of rotatable bonds is 21. The van der Waals surface area contributed by atoms with E-state index in [4.69, 9.17) is 0 Å². The second kappa shape index (κ2) is 21.5. The largest absolute Gasteiger partial charge is 0.481 e. The summed E-state index contributed by atoms with van der Waals surface area (Å²) in [5.74, 6) is -2.34. The zero-order valence-corrected chi connectivity index (χ0v) is 35.8. The molecule has 322 valence electrons. The number of benzene rings is 1. The van der Waals surface area contributed by atoms with Crippen molar-refractivity contribution >= 4 is 35.5 Å². The molecule has 58 heavy (non-hydrogen) atoms. The van der Waals surface area contributed by atoms with Gasteiger partial charge in [0, 0.05) is 38.9 Å². The molecule has 4 N–H and O–H groups in total. The molecule has 0 aromatic heterocycles. The standard InChI is InChI=1S/C44H69N7O7/c1-8-24-45-35(27-33-20-18-30(3)19-21-33)42(57)50(9-2)29-37(52)46-28-38(53)51-25-14-17-36(51)41(56)47-44(22-12-13-23-44)32(5)49(7)40(34-15-10-11-16-34)43(58)48(6)31(4)26-39(54)55/h18-21,31,34-36,40,45H,5,8-17,22-29H2,1-4,6-7H3,(H,46,52)(H,47,56)(H,54,55)/t31-,35+,36+,40+/m1/s1. The van der Waals surface area contributed by atoms with Gasteiger partial charge in [-0.1, -0.05) is 69.0 Å². The molecule has 5 amide bonds. The number of likely N-dealkylation sites (N-methyl/N-ethyl adjacent to an activating group) is 3. The molecule has 0 bridgehead atoms. The van der Waals surface area contributed by atoms with Crippen LogP contribution in [0.3, 0.4) is 0 Å². The second-order valence-corrected chi connectivity index (χ2v) is 16.8. The van der Waals surface area contributed by atoms with E-state index in [9.17, 15) is 33.9 Å². The van der Waals surface area contributed by atoms with Crippen LogP contribution in [0.5, 0.6) is 0 Å². The summed E-state index contributed by atoms with van der Waals surface area (Å²) in [5.41, 5.74) is 2.00. The van der Waals surface area contributed by atoms with E-state index < -0.39 is 41.6 Å². The number of carbonyl (C=O) groups is 6. The number of carbonyl (C=O) groups excluding carboxylic acids is 5. The molecule has 3 aliphatic rings. The zero-order chi connectivity index (χ0) is 42.6. The molecule has 4 rings (SSSR count). The molecule has 2 aliphatic carbocycles. The Balaban J connectivity index is 1.39. The first-order valence-corrected chi connectivity index (χ1v) is 21.5. The van der Waals surface area contributed by atoms with Crippen LogP contribution in [0.1, 0.15) is 109 Å². The molecule has 1 saturated heterocycles. The summed E-state index contributed by atoms with van der Waals surface area (Å²) in [6, 6.07) is 5.78. The molecule has 14 nitrogen and oxygen atoms in total. The van der Waals surface area contributed by atoms with Crippen molar-refractivity contribution in [1.29, 1.82) is 0 Å².